The Labute approximate surface area is 137 Å². The highest BCUT2D eigenvalue weighted by Crippen LogP contribution is 2.24. The van der Waals surface area contributed by atoms with Crippen molar-refractivity contribution in [2.45, 2.75) is 39.3 Å². The van der Waals surface area contributed by atoms with Crippen LogP contribution in [0.2, 0.25) is 0 Å². The molecule has 0 aliphatic carbocycles. The number of aryl methyl sites for hydroxylation is 1. The fraction of sp³-hybridized carbons (Fsp3) is 0.467. The molecular formula is C15H20N2O3S2. The first-order chi connectivity index (χ1) is 10.3. The standard InChI is InChI=1S/C15H20N2O3S2/c1-10-11(2)22-14(19)17(10)7-6-13(18)16-9-15(3,20)12-5-4-8-21-12/h4-5,8,20H,6-7,9H2,1-3H3,(H,16,18)/t15-/m1/s1. The Morgan fingerprint density at radius 1 is 1.45 bits per heavy atom. The van der Waals surface area contributed by atoms with Gasteiger partial charge >= 0.3 is 4.87 Å². The summed E-state index contributed by atoms with van der Waals surface area (Å²) in [5.74, 6) is -0.174. The molecule has 0 saturated carbocycles. The van der Waals surface area contributed by atoms with Gasteiger partial charge in [-0.3, -0.25) is 9.59 Å². The van der Waals surface area contributed by atoms with Crippen LogP contribution in [0.3, 0.4) is 0 Å². The maximum absolute atomic E-state index is 11.9. The number of amides is 1. The molecule has 2 heterocycles. The van der Waals surface area contributed by atoms with E-state index in [1.807, 2.05) is 31.4 Å². The summed E-state index contributed by atoms with van der Waals surface area (Å²) in [6.45, 7) is 5.98. The summed E-state index contributed by atoms with van der Waals surface area (Å²) in [5.41, 5.74) is -0.163. The fourth-order valence-corrected chi connectivity index (χ4v) is 3.74. The van der Waals surface area contributed by atoms with Crippen LogP contribution in [0.5, 0.6) is 0 Å². The number of hydrogen-bond acceptors (Lipinski definition) is 5. The molecule has 0 spiro atoms. The number of aromatic nitrogens is 1. The van der Waals surface area contributed by atoms with Crippen molar-refractivity contribution in [1.29, 1.82) is 0 Å². The molecule has 0 aliphatic heterocycles. The number of carbonyl (C=O) groups is 1. The van der Waals surface area contributed by atoms with Crippen LogP contribution < -0.4 is 10.2 Å². The number of nitrogens with one attached hydrogen (secondary N) is 1. The zero-order valence-electron chi connectivity index (χ0n) is 12.9. The van der Waals surface area contributed by atoms with Gasteiger partial charge in [0.25, 0.3) is 0 Å². The van der Waals surface area contributed by atoms with E-state index in [0.29, 0.717) is 6.54 Å². The number of rotatable bonds is 6. The summed E-state index contributed by atoms with van der Waals surface area (Å²) in [7, 11) is 0. The van der Waals surface area contributed by atoms with Gasteiger partial charge in [0.05, 0.1) is 6.54 Å². The SMILES string of the molecule is Cc1sc(=O)n(CCC(=O)NC[C@@](C)(O)c2cccs2)c1C. The highest BCUT2D eigenvalue weighted by Gasteiger charge is 2.24. The number of thiazole rings is 1. The van der Waals surface area contributed by atoms with Crippen LogP contribution in [-0.2, 0) is 16.9 Å². The minimum absolute atomic E-state index is 0.0339. The highest BCUT2D eigenvalue weighted by atomic mass is 32.1. The van der Waals surface area contributed by atoms with Crippen molar-refractivity contribution in [1.82, 2.24) is 9.88 Å². The van der Waals surface area contributed by atoms with E-state index >= 15 is 0 Å². The quantitative estimate of drug-likeness (QED) is 0.845. The van der Waals surface area contributed by atoms with Crippen LogP contribution in [0.25, 0.3) is 0 Å². The summed E-state index contributed by atoms with van der Waals surface area (Å²) in [4.78, 5) is 25.4. The zero-order chi connectivity index (χ0) is 16.3. The van der Waals surface area contributed by atoms with Gasteiger partial charge in [0.15, 0.2) is 0 Å². The van der Waals surface area contributed by atoms with E-state index in [0.717, 1.165) is 15.4 Å². The van der Waals surface area contributed by atoms with Gasteiger partial charge in [0.2, 0.25) is 5.91 Å². The molecule has 0 aromatic carbocycles. The predicted octanol–water partition coefficient (Wildman–Crippen LogP) is 2.00. The Bertz CT molecular complexity index is 699. The van der Waals surface area contributed by atoms with Crippen LogP contribution in [-0.4, -0.2) is 22.1 Å². The highest BCUT2D eigenvalue weighted by molar-refractivity contribution is 7.10. The van der Waals surface area contributed by atoms with Crippen LogP contribution in [0.1, 0.15) is 28.8 Å². The molecule has 0 unspecified atom stereocenters. The topological polar surface area (TPSA) is 71.3 Å². The van der Waals surface area contributed by atoms with Gasteiger partial charge in [-0.2, -0.15) is 0 Å². The molecular weight excluding hydrogens is 320 g/mol. The molecule has 0 bridgehead atoms. The van der Waals surface area contributed by atoms with E-state index in [9.17, 15) is 14.7 Å². The van der Waals surface area contributed by atoms with Gasteiger partial charge in [-0.05, 0) is 32.2 Å². The second-order valence-electron chi connectivity index (χ2n) is 5.44. The first kappa shape index (κ1) is 16.9. The second-order valence-corrected chi connectivity index (χ2v) is 7.55. The molecule has 2 N–H and O–H groups in total. The summed E-state index contributed by atoms with van der Waals surface area (Å²) in [6.07, 6.45) is 0.220. The summed E-state index contributed by atoms with van der Waals surface area (Å²) >= 11 is 2.65. The van der Waals surface area contributed by atoms with Crippen molar-refractivity contribution < 1.29 is 9.90 Å². The third kappa shape index (κ3) is 3.85. The summed E-state index contributed by atoms with van der Waals surface area (Å²) in [5, 5.41) is 15.0. The zero-order valence-corrected chi connectivity index (χ0v) is 14.5. The molecule has 0 radical (unpaired) electrons. The normalized spacial score (nSPS) is 13.8. The minimum atomic E-state index is -1.07. The Balaban J connectivity index is 1.87. The molecule has 2 rings (SSSR count). The van der Waals surface area contributed by atoms with Gasteiger partial charge < -0.3 is 15.0 Å². The van der Waals surface area contributed by atoms with Crippen molar-refractivity contribution in [2.75, 3.05) is 6.54 Å². The molecule has 22 heavy (non-hydrogen) atoms. The van der Waals surface area contributed by atoms with Crippen molar-refractivity contribution in [3.63, 3.8) is 0 Å². The lowest BCUT2D eigenvalue weighted by atomic mass is 10.1. The Hall–Kier alpha value is -1.44. The maximum Gasteiger partial charge on any atom is 0.307 e. The average Bonchev–Trinajstić information content (AvgIpc) is 3.06. The smallest absolute Gasteiger partial charge is 0.307 e. The molecule has 120 valence electrons. The van der Waals surface area contributed by atoms with E-state index < -0.39 is 5.60 Å². The van der Waals surface area contributed by atoms with E-state index in [1.54, 1.807) is 11.5 Å². The number of thiophene rings is 1. The van der Waals surface area contributed by atoms with Crippen LogP contribution in [0, 0.1) is 13.8 Å². The lowest BCUT2D eigenvalue weighted by Gasteiger charge is -2.22. The number of nitrogens with zero attached hydrogens (tertiary/aromatic N) is 1. The molecule has 0 fully saturated rings. The second kappa shape index (κ2) is 6.76. The van der Waals surface area contributed by atoms with E-state index in [-0.39, 0.29) is 23.7 Å². The minimum Gasteiger partial charge on any atom is -0.383 e. The average molecular weight is 340 g/mol. The largest absolute Gasteiger partial charge is 0.383 e. The first-order valence-electron chi connectivity index (χ1n) is 7.01. The summed E-state index contributed by atoms with van der Waals surface area (Å²) < 4.78 is 1.62. The van der Waals surface area contributed by atoms with Gasteiger partial charge in [0, 0.05) is 28.4 Å². The number of carbonyl (C=O) groups excluding carboxylic acids is 1. The van der Waals surface area contributed by atoms with Crippen LogP contribution in [0.4, 0.5) is 0 Å². The van der Waals surface area contributed by atoms with Crippen molar-refractivity contribution in [3.8, 4) is 0 Å². The predicted molar refractivity (Wildman–Crippen MR) is 89.6 cm³/mol. The van der Waals surface area contributed by atoms with Gasteiger partial charge in [-0.25, -0.2) is 0 Å². The van der Waals surface area contributed by atoms with Gasteiger partial charge in [-0.15, -0.1) is 11.3 Å². The number of aliphatic hydroxyl groups is 1. The Morgan fingerprint density at radius 3 is 2.73 bits per heavy atom. The van der Waals surface area contributed by atoms with E-state index in [1.165, 1.54) is 22.7 Å². The fourth-order valence-electron chi connectivity index (χ4n) is 2.09. The third-order valence-electron chi connectivity index (χ3n) is 3.62. The maximum atomic E-state index is 11.9. The lowest BCUT2D eigenvalue weighted by Crippen LogP contribution is -2.38. The van der Waals surface area contributed by atoms with E-state index in [4.69, 9.17) is 0 Å². The molecule has 2 aromatic heterocycles. The third-order valence-corrected chi connectivity index (χ3v) is 5.74. The number of hydrogen-bond donors (Lipinski definition) is 2. The Kier molecular flexibility index (Phi) is 5.20. The monoisotopic (exact) mass is 340 g/mol. The lowest BCUT2D eigenvalue weighted by molar-refractivity contribution is -0.122. The van der Waals surface area contributed by atoms with Crippen molar-refractivity contribution >= 4 is 28.6 Å². The van der Waals surface area contributed by atoms with Gasteiger partial charge in [-0.1, -0.05) is 17.4 Å². The summed E-state index contributed by atoms with van der Waals surface area (Å²) in [6, 6.07) is 3.71. The molecule has 1 atom stereocenters. The van der Waals surface area contributed by atoms with Crippen LogP contribution in [0.15, 0.2) is 22.3 Å². The van der Waals surface area contributed by atoms with Crippen molar-refractivity contribution in [2.24, 2.45) is 0 Å². The molecule has 2 aromatic rings. The Morgan fingerprint density at radius 2 is 2.18 bits per heavy atom. The molecule has 5 nitrogen and oxygen atoms in total. The molecule has 0 saturated heterocycles. The van der Waals surface area contributed by atoms with Crippen LogP contribution >= 0.6 is 22.7 Å². The molecule has 1 amide bonds. The van der Waals surface area contributed by atoms with Crippen molar-refractivity contribution in [3.05, 3.63) is 42.6 Å². The molecule has 7 heteroatoms. The first-order valence-corrected chi connectivity index (χ1v) is 8.71. The van der Waals surface area contributed by atoms with E-state index in [2.05, 4.69) is 5.32 Å². The van der Waals surface area contributed by atoms with Gasteiger partial charge in [0.1, 0.15) is 5.60 Å². The molecule has 0 aliphatic rings.